The summed E-state index contributed by atoms with van der Waals surface area (Å²) in [4.78, 5) is 11.9. The maximum absolute atomic E-state index is 11.9. The molecule has 6 aliphatic rings. The molecule has 4 aliphatic carbocycles. The molecule has 3 nitrogen and oxygen atoms in total. The van der Waals surface area contributed by atoms with Crippen LogP contribution in [-0.2, 0) is 14.3 Å². The van der Waals surface area contributed by atoms with Crippen LogP contribution in [0.15, 0.2) is 0 Å². The molecule has 2 saturated heterocycles. The van der Waals surface area contributed by atoms with Crippen molar-refractivity contribution in [2.24, 2.45) is 23.2 Å². The fourth-order valence-electron chi connectivity index (χ4n) is 7.44. The van der Waals surface area contributed by atoms with Gasteiger partial charge < -0.3 is 9.47 Å². The summed E-state index contributed by atoms with van der Waals surface area (Å²) in [5, 5.41) is 0. The van der Waals surface area contributed by atoms with Gasteiger partial charge in [-0.1, -0.05) is 6.92 Å². The SMILES string of the molecule is C[C@]12CC[C@H]3[C@@H](CCC45CC(=O)CCC34O5)[C@@H]1C[C@H]1O[C@H]12. The van der Waals surface area contributed by atoms with Gasteiger partial charge in [0.1, 0.15) is 17.0 Å². The zero-order chi connectivity index (χ0) is 14.0. The van der Waals surface area contributed by atoms with Crippen molar-refractivity contribution in [3.63, 3.8) is 0 Å². The third kappa shape index (κ3) is 1.18. The van der Waals surface area contributed by atoms with Crippen LogP contribution >= 0.6 is 0 Å². The third-order valence-corrected chi connectivity index (χ3v) is 8.44. The van der Waals surface area contributed by atoms with Crippen molar-refractivity contribution in [1.29, 1.82) is 0 Å². The van der Waals surface area contributed by atoms with Gasteiger partial charge in [0.2, 0.25) is 0 Å². The quantitative estimate of drug-likeness (QED) is 0.644. The molecular weight excluding hydrogens is 264 g/mol. The van der Waals surface area contributed by atoms with Gasteiger partial charge in [0, 0.05) is 12.8 Å². The molecule has 2 aliphatic heterocycles. The van der Waals surface area contributed by atoms with E-state index in [1.165, 1.54) is 25.7 Å². The molecule has 6 fully saturated rings. The number of carbonyl (C=O) groups excluding carboxylic acids is 1. The molecule has 3 heteroatoms. The summed E-state index contributed by atoms with van der Waals surface area (Å²) in [6.07, 6.45) is 9.99. The van der Waals surface area contributed by atoms with Gasteiger partial charge in [-0.05, 0) is 61.7 Å². The normalized spacial score (nSPS) is 66.5. The van der Waals surface area contributed by atoms with E-state index in [9.17, 15) is 4.79 Å². The summed E-state index contributed by atoms with van der Waals surface area (Å²) in [5.74, 6) is 2.87. The van der Waals surface area contributed by atoms with Crippen molar-refractivity contribution in [2.45, 2.75) is 81.7 Å². The highest BCUT2D eigenvalue weighted by atomic mass is 16.6. The first-order valence-electron chi connectivity index (χ1n) is 8.95. The van der Waals surface area contributed by atoms with Gasteiger partial charge in [-0.15, -0.1) is 0 Å². The van der Waals surface area contributed by atoms with Crippen molar-refractivity contribution in [3.8, 4) is 0 Å². The maximum atomic E-state index is 11.9. The fourth-order valence-corrected chi connectivity index (χ4v) is 7.44. The molecule has 0 spiro atoms. The van der Waals surface area contributed by atoms with Gasteiger partial charge >= 0.3 is 0 Å². The van der Waals surface area contributed by atoms with E-state index < -0.39 is 0 Å². The highest BCUT2D eigenvalue weighted by Gasteiger charge is 2.79. The Morgan fingerprint density at radius 3 is 2.95 bits per heavy atom. The molecule has 0 aromatic heterocycles. The van der Waals surface area contributed by atoms with E-state index in [1.54, 1.807) is 0 Å². The third-order valence-electron chi connectivity index (χ3n) is 8.44. The van der Waals surface area contributed by atoms with Crippen LogP contribution in [0.4, 0.5) is 0 Å². The predicted molar refractivity (Wildman–Crippen MR) is 75.7 cm³/mol. The molecule has 2 unspecified atom stereocenters. The van der Waals surface area contributed by atoms with Gasteiger partial charge in [0.05, 0.1) is 12.2 Å². The number of carbonyl (C=O) groups is 1. The number of ketones is 1. The molecule has 0 amide bonds. The second-order valence-corrected chi connectivity index (χ2v) is 8.99. The molecule has 0 aromatic carbocycles. The first kappa shape index (κ1) is 12.1. The van der Waals surface area contributed by atoms with Crippen LogP contribution < -0.4 is 0 Å². The van der Waals surface area contributed by atoms with Crippen LogP contribution in [0.1, 0.15) is 58.3 Å². The average Bonchev–Trinajstić information content (AvgIpc) is 3.32. The van der Waals surface area contributed by atoms with E-state index in [0.717, 1.165) is 37.0 Å². The summed E-state index contributed by atoms with van der Waals surface area (Å²) in [6.45, 7) is 2.49. The van der Waals surface area contributed by atoms with Crippen molar-refractivity contribution >= 4 is 5.78 Å². The van der Waals surface area contributed by atoms with Crippen molar-refractivity contribution in [1.82, 2.24) is 0 Å². The molecule has 2 heterocycles. The lowest BCUT2D eigenvalue weighted by atomic mass is 9.50. The van der Waals surface area contributed by atoms with Gasteiger partial charge in [0.15, 0.2) is 0 Å². The lowest BCUT2D eigenvalue weighted by molar-refractivity contribution is -0.123. The summed E-state index contributed by atoms with van der Waals surface area (Å²) in [5.41, 5.74) is 0.538. The molecule has 114 valence electrons. The Labute approximate surface area is 125 Å². The van der Waals surface area contributed by atoms with Crippen LogP contribution in [0.2, 0.25) is 0 Å². The molecule has 0 bridgehead atoms. The molecular formula is C18H24O3. The summed E-state index contributed by atoms with van der Waals surface area (Å²) < 4.78 is 12.3. The van der Waals surface area contributed by atoms with Crippen LogP contribution in [-0.4, -0.2) is 29.2 Å². The highest BCUT2D eigenvalue weighted by Crippen LogP contribution is 2.74. The number of fused-ring (bicyclic) bond motifs is 5. The van der Waals surface area contributed by atoms with Crippen LogP contribution in [0.25, 0.3) is 0 Å². The standard InChI is InChI=1S/C18H24O3/c1-16-5-4-12-11(13(16)8-14-15(16)20-14)3-6-17-9-10(19)2-7-18(12,17)21-17/h11-15H,2-9H2,1H3/t11-,12+,13+,14-,15-,16+,17?,18?/m1/s1. The lowest BCUT2D eigenvalue weighted by Crippen LogP contribution is -2.53. The minimum Gasteiger partial charge on any atom is -0.369 e. The van der Waals surface area contributed by atoms with Gasteiger partial charge in [-0.2, -0.15) is 0 Å². The van der Waals surface area contributed by atoms with E-state index in [2.05, 4.69) is 6.92 Å². The maximum Gasteiger partial charge on any atom is 0.136 e. The molecule has 0 N–H and O–H groups in total. The molecule has 8 atom stereocenters. The number of rotatable bonds is 0. The molecule has 0 aromatic rings. The Hall–Kier alpha value is -0.410. The minimum absolute atomic E-state index is 0.0186. The largest absolute Gasteiger partial charge is 0.369 e. The summed E-state index contributed by atoms with van der Waals surface area (Å²) >= 11 is 0. The fraction of sp³-hybridized carbons (Fsp3) is 0.944. The van der Waals surface area contributed by atoms with Gasteiger partial charge in [-0.25, -0.2) is 0 Å². The van der Waals surface area contributed by atoms with Crippen LogP contribution in [0.3, 0.4) is 0 Å². The number of ether oxygens (including phenoxy) is 2. The zero-order valence-corrected chi connectivity index (χ0v) is 12.8. The van der Waals surface area contributed by atoms with Crippen molar-refractivity contribution in [3.05, 3.63) is 0 Å². The monoisotopic (exact) mass is 288 g/mol. The minimum atomic E-state index is -0.0186. The highest BCUT2D eigenvalue weighted by molar-refractivity contribution is 5.82. The van der Waals surface area contributed by atoms with E-state index in [4.69, 9.17) is 9.47 Å². The van der Waals surface area contributed by atoms with Crippen molar-refractivity contribution < 1.29 is 14.3 Å². The van der Waals surface area contributed by atoms with E-state index in [0.29, 0.717) is 29.8 Å². The Balaban J connectivity index is 1.37. The molecule has 4 saturated carbocycles. The molecule has 0 radical (unpaired) electrons. The Kier molecular flexibility index (Phi) is 1.87. The Morgan fingerprint density at radius 1 is 1.14 bits per heavy atom. The van der Waals surface area contributed by atoms with Gasteiger partial charge in [-0.3, -0.25) is 4.79 Å². The summed E-state index contributed by atoms with van der Waals surface area (Å²) in [6, 6.07) is 0. The summed E-state index contributed by atoms with van der Waals surface area (Å²) in [7, 11) is 0. The second-order valence-electron chi connectivity index (χ2n) is 8.99. The van der Waals surface area contributed by atoms with E-state index >= 15 is 0 Å². The van der Waals surface area contributed by atoms with E-state index in [-0.39, 0.29) is 11.2 Å². The van der Waals surface area contributed by atoms with Gasteiger partial charge in [0.25, 0.3) is 0 Å². The smallest absolute Gasteiger partial charge is 0.136 e. The lowest BCUT2D eigenvalue weighted by Gasteiger charge is -2.52. The zero-order valence-electron chi connectivity index (χ0n) is 12.8. The second kappa shape index (κ2) is 3.26. The predicted octanol–water partition coefficient (Wildman–Crippen LogP) is 2.86. The topological polar surface area (TPSA) is 42.1 Å². The Morgan fingerprint density at radius 2 is 2.05 bits per heavy atom. The van der Waals surface area contributed by atoms with Crippen LogP contribution in [0.5, 0.6) is 0 Å². The number of epoxide rings is 2. The average molecular weight is 288 g/mol. The van der Waals surface area contributed by atoms with Crippen molar-refractivity contribution in [2.75, 3.05) is 0 Å². The number of hydrogen-bond acceptors (Lipinski definition) is 3. The number of Topliss-reactive ketones (excluding diaryl/α,β-unsaturated/α-hetero) is 1. The van der Waals surface area contributed by atoms with Crippen LogP contribution in [0, 0.1) is 23.2 Å². The molecule has 21 heavy (non-hydrogen) atoms. The number of hydrogen-bond donors (Lipinski definition) is 0. The molecule has 6 rings (SSSR count). The first-order chi connectivity index (χ1) is 10.1. The van der Waals surface area contributed by atoms with E-state index in [1.807, 2.05) is 0 Å². The first-order valence-corrected chi connectivity index (χ1v) is 8.95. The Bertz CT molecular complexity index is 559.